The molecular formula is C36H40Cl2N6O5S. The van der Waals surface area contributed by atoms with E-state index in [0.717, 1.165) is 16.6 Å². The van der Waals surface area contributed by atoms with Crippen LogP contribution in [0.15, 0.2) is 65.6 Å². The molecule has 0 saturated carbocycles. The number of sulfonamides is 1. The Hall–Kier alpha value is -4.23. The molecule has 0 aliphatic carbocycles. The van der Waals surface area contributed by atoms with Crippen molar-refractivity contribution in [2.45, 2.75) is 57.6 Å². The first-order chi connectivity index (χ1) is 23.8. The molecule has 50 heavy (non-hydrogen) atoms. The highest BCUT2D eigenvalue weighted by Crippen LogP contribution is 2.36. The van der Waals surface area contributed by atoms with Crippen molar-refractivity contribution in [3.05, 3.63) is 98.7 Å². The van der Waals surface area contributed by atoms with E-state index in [1.54, 1.807) is 35.2 Å². The van der Waals surface area contributed by atoms with Gasteiger partial charge in [0.2, 0.25) is 15.9 Å². The topological polar surface area (TPSA) is 159 Å². The Bertz CT molecular complexity index is 2040. The molecule has 0 bridgehead atoms. The van der Waals surface area contributed by atoms with E-state index in [-0.39, 0.29) is 46.4 Å². The number of carbonyl (C=O) groups is 2. The fraction of sp³-hybridized carbons (Fsp3) is 0.333. The number of hydrogen-bond acceptors (Lipinski definition) is 7. The first kappa shape index (κ1) is 37.0. The van der Waals surface area contributed by atoms with Gasteiger partial charge in [-0.2, -0.15) is 4.31 Å². The third kappa shape index (κ3) is 7.88. The molecule has 5 rings (SSSR count). The van der Waals surface area contributed by atoms with Crippen molar-refractivity contribution < 1.29 is 22.7 Å². The minimum absolute atomic E-state index is 0.0654. The molecule has 4 aromatic rings. The zero-order valence-electron chi connectivity index (χ0n) is 28.1. The van der Waals surface area contributed by atoms with Crippen LogP contribution in [0.25, 0.3) is 10.9 Å². The van der Waals surface area contributed by atoms with Crippen molar-refractivity contribution in [3.63, 3.8) is 0 Å². The molecule has 1 saturated heterocycles. The molecule has 1 fully saturated rings. The lowest BCUT2D eigenvalue weighted by Gasteiger charge is -2.25. The second-order valence-corrected chi connectivity index (χ2v) is 14.8. The molecule has 1 aromatic heterocycles. The Morgan fingerprint density at radius 1 is 1.10 bits per heavy atom. The Morgan fingerprint density at radius 2 is 1.82 bits per heavy atom. The summed E-state index contributed by atoms with van der Waals surface area (Å²) in [4.78, 5) is 32.4. The number of aryl methyl sites for hydroxylation is 2. The molecule has 1 aliphatic rings. The third-order valence-electron chi connectivity index (χ3n) is 8.77. The Labute approximate surface area is 302 Å². The molecule has 0 unspecified atom stereocenters. The Morgan fingerprint density at radius 3 is 2.52 bits per heavy atom. The van der Waals surface area contributed by atoms with E-state index in [0.29, 0.717) is 60.3 Å². The smallest absolute Gasteiger partial charge is 0.253 e. The second-order valence-electron chi connectivity index (χ2n) is 12.2. The highest BCUT2D eigenvalue weighted by molar-refractivity contribution is 7.89. The zero-order chi connectivity index (χ0) is 36.2. The van der Waals surface area contributed by atoms with Gasteiger partial charge in [0.05, 0.1) is 5.02 Å². The van der Waals surface area contributed by atoms with Crippen LogP contribution in [0.1, 0.15) is 58.9 Å². The van der Waals surface area contributed by atoms with Gasteiger partial charge in [-0.3, -0.25) is 15.0 Å². The van der Waals surface area contributed by atoms with E-state index < -0.39 is 22.0 Å². The predicted octanol–water partition coefficient (Wildman–Crippen LogP) is 5.84. The van der Waals surface area contributed by atoms with Gasteiger partial charge in [-0.05, 0) is 82.0 Å². The minimum atomic E-state index is -4.19. The lowest BCUT2D eigenvalue weighted by Crippen LogP contribution is -2.46. The summed E-state index contributed by atoms with van der Waals surface area (Å²) in [5.41, 5.74) is 9.39. The van der Waals surface area contributed by atoms with Crippen LogP contribution in [-0.2, 0) is 21.4 Å². The monoisotopic (exact) mass is 738 g/mol. The number of rotatable bonds is 13. The van der Waals surface area contributed by atoms with Gasteiger partial charge in [0.15, 0.2) is 0 Å². The van der Waals surface area contributed by atoms with Crippen molar-refractivity contribution >= 4 is 61.8 Å². The van der Waals surface area contributed by atoms with E-state index in [4.69, 9.17) is 39.1 Å². The molecule has 2 heterocycles. The van der Waals surface area contributed by atoms with E-state index >= 15 is 0 Å². The molecule has 3 aromatic carbocycles. The summed E-state index contributed by atoms with van der Waals surface area (Å²) < 4.78 is 35.3. The lowest BCUT2D eigenvalue weighted by molar-refractivity contribution is -0.124. The SMILES string of the molecule is CCN(CCCNC(=O)[C@@H]1CCCN1S(=O)(=O)c1ccc(Cl)c(COc2cccc3c(C)cc(C)nc23)c1Cl)C(=O)c1ccc(C(=N)N)cc1. The number of nitrogens with two attached hydrogens (primary N) is 1. The first-order valence-corrected chi connectivity index (χ1v) is 18.5. The molecule has 4 N–H and O–H groups in total. The number of amides is 2. The number of aromatic nitrogens is 1. The maximum Gasteiger partial charge on any atom is 0.253 e. The van der Waals surface area contributed by atoms with Gasteiger partial charge in [0.1, 0.15) is 34.6 Å². The second kappa shape index (κ2) is 15.8. The highest BCUT2D eigenvalue weighted by Gasteiger charge is 2.40. The number of amidine groups is 1. The van der Waals surface area contributed by atoms with Gasteiger partial charge in [0, 0.05) is 59.0 Å². The van der Waals surface area contributed by atoms with Crippen LogP contribution in [0.5, 0.6) is 5.75 Å². The number of para-hydroxylation sites is 1. The van der Waals surface area contributed by atoms with Crippen molar-refractivity contribution in [2.24, 2.45) is 5.73 Å². The molecular weight excluding hydrogens is 699 g/mol. The number of ether oxygens (including phenoxy) is 1. The maximum atomic E-state index is 14.0. The van der Waals surface area contributed by atoms with Crippen LogP contribution < -0.4 is 15.8 Å². The minimum Gasteiger partial charge on any atom is -0.487 e. The Kier molecular flexibility index (Phi) is 11.7. The largest absolute Gasteiger partial charge is 0.487 e. The Balaban J connectivity index is 1.23. The van der Waals surface area contributed by atoms with Gasteiger partial charge >= 0.3 is 0 Å². The summed E-state index contributed by atoms with van der Waals surface area (Å²) in [6, 6.07) is 16.0. The van der Waals surface area contributed by atoms with Crippen molar-refractivity contribution in [1.29, 1.82) is 5.41 Å². The molecule has 0 radical (unpaired) electrons. The molecule has 1 aliphatic heterocycles. The van der Waals surface area contributed by atoms with Crippen molar-refractivity contribution in [2.75, 3.05) is 26.2 Å². The van der Waals surface area contributed by atoms with Crippen molar-refractivity contribution in [3.8, 4) is 5.75 Å². The van der Waals surface area contributed by atoms with Crippen molar-refractivity contribution in [1.82, 2.24) is 19.5 Å². The van der Waals surface area contributed by atoms with Gasteiger partial charge < -0.3 is 20.7 Å². The van der Waals surface area contributed by atoms with Crippen LogP contribution in [0.4, 0.5) is 0 Å². The van der Waals surface area contributed by atoms with Gasteiger partial charge in [-0.25, -0.2) is 13.4 Å². The summed E-state index contributed by atoms with van der Waals surface area (Å²) in [6.07, 6.45) is 1.33. The first-order valence-electron chi connectivity index (χ1n) is 16.3. The van der Waals surface area contributed by atoms with E-state index in [1.807, 2.05) is 39.0 Å². The van der Waals surface area contributed by atoms with Gasteiger partial charge in [0.25, 0.3) is 5.91 Å². The number of carbonyl (C=O) groups excluding carboxylic acids is 2. The standard InChI is InChI=1S/C36H40Cl2N6O5S/c1-4-43(36(46)25-13-11-24(12-14-25)34(39)40)18-7-17-41-35(45)29-9-6-19-44(29)50(47,48)31-16-15-28(37)27(32(31)38)21-49-30-10-5-8-26-22(2)20-23(3)42-33(26)30/h5,8,10-16,20,29H,4,6-7,9,17-19,21H2,1-3H3,(H3,39,40)(H,41,45)/t29-/m0/s1. The third-order valence-corrected chi connectivity index (χ3v) is 11.6. The molecule has 2 amide bonds. The highest BCUT2D eigenvalue weighted by atomic mass is 35.5. The molecule has 14 heteroatoms. The number of nitrogen functional groups attached to an aromatic ring is 1. The number of nitrogens with one attached hydrogen (secondary N) is 2. The number of nitrogens with zero attached hydrogens (tertiary/aromatic N) is 3. The molecule has 11 nitrogen and oxygen atoms in total. The van der Waals surface area contributed by atoms with Crippen LogP contribution in [0.2, 0.25) is 10.0 Å². The number of fused-ring (bicyclic) bond motifs is 1. The van der Waals surface area contributed by atoms with Crippen LogP contribution >= 0.6 is 23.2 Å². The van der Waals surface area contributed by atoms with E-state index in [9.17, 15) is 18.0 Å². The number of benzene rings is 3. The van der Waals surface area contributed by atoms with Crippen LogP contribution in [0.3, 0.4) is 0 Å². The number of halogens is 2. The lowest BCUT2D eigenvalue weighted by atomic mass is 10.1. The maximum absolute atomic E-state index is 14.0. The summed E-state index contributed by atoms with van der Waals surface area (Å²) in [5, 5.41) is 11.5. The quantitative estimate of drug-likeness (QED) is 0.0883. The van der Waals surface area contributed by atoms with Gasteiger partial charge in [-0.1, -0.05) is 47.5 Å². The summed E-state index contributed by atoms with van der Waals surface area (Å²) in [6.45, 7) is 6.92. The fourth-order valence-electron chi connectivity index (χ4n) is 6.12. The average Bonchev–Trinajstić information content (AvgIpc) is 3.59. The fourth-order valence-corrected chi connectivity index (χ4v) is 8.64. The normalized spacial score (nSPS) is 14.9. The summed E-state index contributed by atoms with van der Waals surface area (Å²) in [5.74, 6) is -0.151. The molecule has 264 valence electrons. The summed E-state index contributed by atoms with van der Waals surface area (Å²) >= 11 is 13.3. The van der Waals surface area contributed by atoms with Gasteiger partial charge in [-0.15, -0.1) is 0 Å². The van der Waals surface area contributed by atoms with Crippen LogP contribution in [-0.4, -0.2) is 72.5 Å². The predicted molar refractivity (Wildman–Crippen MR) is 196 cm³/mol. The average molecular weight is 740 g/mol. The zero-order valence-corrected chi connectivity index (χ0v) is 30.5. The molecule has 1 atom stereocenters. The van der Waals surface area contributed by atoms with E-state index in [2.05, 4.69) is 10.3 Å². The van der Waals surface area contributed by atoms with Crippen LogP contribution in [0, 0.1) is 19.3 Å². The molecule has 0 spiro atoms. The van der Waals surface area contributed by atoms with E-state index in [1.165, 1.54) is 16.4 Å². The summed E-state index contributed by atoms with van der Waals surface area (Å²) in [7, 11) is -4.19. The number of hydrogen-bond donors (Lipinski definition) is 3. The number of pyridine rings is 1.